The molecule has 0 bridgehead atoms. The Bertz CT molecular complexity index is 351. The van der Waals surface area contributed by atoms with E-state index >= 15 is 0 Å². The number of nitrogens with zero attached hydrogens (tertiary/aromatic N) is 1. The summed E-state index contributed by atoms with van der Waals surface area (Å²) in [6.45, 7) is 10.3. The van der Waals surface area contributed by atoms with Gasteiger partial charge in [0.25, 0.3) is 0 Å². The summed E-state index contributed by atoms with van der Waals surface area (Å²) in [6.07, 6.45) is 1.71. The van der Waals surface area contributed by atoms with Crippen molar-refractivity contribution < 1.29 is 0 Å². The predicted octanol–water partition coefficient (Wildman–Crippen LogP) is 3.30. The lowest BCUT2D eigenvalue weighted by atomic mass is 10.2. The van der Waals surface area contributed by atoms with Crippen molar-refractivity contribution in [3.05, 3.63) is 22.8 Å². The monoisotopic (exact) mass is 255 g/mol. The largest absolute Gasteiger partial charge is 0.370 e. The van der Waals surface area contributed by atoms with Crippen LogP contribution in [0.3, 0.4) is 0 Å². The molecule has 0 atom stereocenters. The Kier molecular flexibility index (Phi) is 5.72. The maximum Gasteiger partial charge on any atom is 0.126 e. The maximum absolute atomic E-state index is 6.11. The zero-order valence-corrected chi connectivity index (χ0v) is 11.8. The van der Waals surface area contributed by atoms with Crippen LogP contribution in [0.2, 0.25) is 5.02 Å². The second-order valence-electron chi connectivity index (χ2n) is 4.97. The van der Waals surface area contributed by atoms with Crippen LogP contribution in [-0.4, -0.2) is 17.6 Å². The zero-order valence-electron chi connectivity index (χ0n) is 11.0. The van der Waals surface area contributed by atoms with Gasteiger partial charge < -0.3 is 10.6 Å². The van der Waals surface area contributed by atoms with Gasteiger partial charge in [0.1, 0.15) is 5.82 Å². The number of hydrogen-bond acceptors (Lipinski definition) is 3. The van der Waals surface area contributed by atoms with E-state index in [2.05, 4.69) is 43.3 Å². The molecule has 1 aromatic heterocycles. The van der Waals surface area contributed by atoms with E-state index < -0.39 is 0 Å². The van der Waals surface area contributed by atoms with Crippen molar-refractivity contribution in [2.75, 3.05) is 11.9 Å². The molecule has 0 spiro atoms. The molecule has 0 radical (unpaired) electrons. The summed E-state index contributed by atoms with van der Waals surface area (Å²) in [5.74, 6) is 1.49. The minimum atomic E-state index is 0.450. The minimum absolute atomic E-state index is 0.450. The van der Waals surface area contributed by atoms with Crippen LogP contribution in [0.25, 0.3) is 0 Å². The Labute approximate surface area is 109 Å². The van der Waals surface area contributed by atoms with E-state index in [0.29, 0.717) is 17.0 Å². The Morgan fingerprint density at radius 1 is 1.29 bits per heavy atom. The molecule has 0 saturated carbocycles. The molecule has 0 aliphatic heterocycles. The molecular weight excluding hydrogens is 234 g/mol. The SMILES string of the molecule is CC(C)CNc1cc(CNC(C)C)c(Cl)cn1. The van der Waals surface area contributed by atoms with Crippen molar-refractivity contribution in [1.29, 1.82) is 0 Å². The van der Waals surface area contributed by atoms with E-state index in [1.807, 2.05) is 6.07 Å². The van der Waals surface area contributed by atoms with Crippen LogP contribution < -0.4 is 10.6 Å². The normalized spacial score (nSPS) is 11.2. The number of hydrogen-bond donors (Lipinski definition) is 2. The third-order valence-corrected chi connectivity index (χ3v) is 2.67. The molecule has 0 unspecified atom stereocenters. The van der Waals surface area contributed by atoms with Crippen molar-refractivity contribution in [3.63, 3.8) is 0 Å². The smallest absolute Gasteiger partial charge is 0.126 e. The molecule has 3 nitrogen and oxygen atoms in total. The molecule has 0 aromatic carbocycles. The molecule has 17 heavy (non-hydrogen) atoms. The Morgan fingerprint density at radius 3 is 2.59 bits per heavy atom. The van der Waals surface area contributed by atoms with Gasteiger partial charge in [0.05, 0.1) is 5.02 Å². The van der Waals surface area contributed by atoms with E-state index in [4.69, 9.17) is 11.6 Å². The van der Waals surface area contributed by atoms with Gasteiger partial charge in [-0.15, -0.1) is 0 Å². The summed E-state index contributed by atoms with van der Waals surface area (Å²) in [6, 6.07) is 2.46. The fourth-order valence-corrected chi connectivity index (χ4v) is 1.51. The van der Waals surface area contributed by atoms with Gasteiger partial charge in [-0.05, 0) is 17.5 Å². The summed E-state index contributed by atoms with van der Waals surface area (Å²) in [4.78, 5) is 4.27. The highest BCUT2D eigenvalue weighted by atomic mass is 35.5. The first-order valence-corrected chi connectivity index (χ1v) is 6.48. The van der Waals surface area contributed by atoms with Gasteiger partial charge in [-0.25, -0.2) is 4.98 Å². The van der Waals surface area contributed by atoms with E-state index in [1.165, 1.54) is 0 Å². The third-order valence-electron chi connectivity index (χ3n) is 2.33. The second kappa shape index (κ2) is 6.82. The standard InChI is InChI=1S/C13H22ClN3/c1-9(2)6-16-13-5-11(7-15-10(3)4)12(14)8-17-13/h5,8-10,15H,6-7H2,1-4H3,(H,16,17). The molecule has 1 rings (SSSR count). The van der Waals surface area contributed by atoms with E-state index in [1.54, 1.807) is 6.20 Å². The van der Waals surface area contributed by atoms with Crippen LogP contribution in [0.15, 0.2) is 12.3 Å². The van der Waals surface area contributed by atoms with Crippen LogP contribution in [0.4, 0.5) is 5.82 Å². The van der Waals surface area contributed by atoms with Gasteiger partial charge in [0, 0.05) is 25.3 Å². The van der Waals surface area contributed by atoms with Gasteiger partial charge in [0.15, 0.2) is 0 Å². The van der Waals surface area contributed by atoms with Crippen LogP contribution in [0.5, 0.6) is 0 Å². The maximum atomic E-state index is 6.11. The molecule has 4 heteroatoms. The van der Waals surface area contributed by atoms with Gasteiger partial charge in [-0.1, -0.05) is 39.3 Å². The first-order chi connectivity index (χ1) is 7.99. The summed E-state index contributed by atoms with van der Waals surface area (Å²) in [7, 11) is 0. The number of anilines is 1. The molecule has 0 saturated heterocycles. The summed E-state index contributed by atoms with van der Waals surface area (Å²) < 4.78 is 0. The molecule has 1 heterocycles. The lowest BCUT2D eigenvalue weighted by molar-refractivity contribution is 0.588. The van der Waals surface area contributed by atoms with Crippen molar-refractivity contribution in [1.82, 2.24) is 10.3 Å². The lowest BCUT2D eigenvalue weighted by Gasteiger charge is -2.12. The summed E-state index contributed by atoms with van der Waals surface area (Å²) in [5, 5.41) is 7.37. The second-order valence-corrected chi connectivity index (χ2v) is 5.38. The predicted molar refractivity (Wildman–Crippen MR) is 74.6 cm³/mol. The van der Waals surface area contributed by atoms with Crippen LogP contribution in [0.1, 0.15) is 33.3 Å². The van der Waals surface area contributed by atoms with E-state index in [-0.39, 0.29) is 0 Å². The molecule has 1 aromatic rings. The highest BCUT2D eigenvalue weighted by Crippen LogP contribution is 2.18. The number of nitrogens with one attached hydrogen (secondary N) is 2. The molecule has 0 amide bonds. The third kappa shape index (κ3) is 5.37. The fourth-order valence-electron chi connectivity index (χ4n) is 1.34. The molecule has 0 aliphatic carbocycles. The minimum Gasteiger partial charge on any atom is -0.370 e. The van der Waals surface area contributed by atoms with Gasteiger partial charge in [0.2, 0.25) is 0 Å². The first kappa shape index (κ1) is 14.3. The fraction of sp³-hybridized carbons (Fsp3) is 0.615. The first-order valence-electron chi connectivity index (χ1n) is 6.10. The Morgan fingerprint density at radius 2 is 2.00 bits per heavy atom. The van der Waals surface area contributed by atoms with Gasteiger partial charge in [-0.2, -0.15) is 0 Å². The highest BCUT2D eigenvalue weighted by Gasteiger charge is 2.04. The van der Waals surface area contributed by atoms with Crippen molar-refractivity contribution in [3.8, 4) is 0 Å². The molecular formula is C13H22ClN3. The van der Waals surface area contributed by atoms with E-state index in [9.17, 15) is 0 Å². The molecule has 96 valence electrons. The number of aromatic nitrogens is 1. The zero-order chi connectivity index (χ0) is 12.8. The van der Waals surface area contributed by atoms with Crippen molar-refractivity contribution in [2.24, 2.45) is 5.92 Å². The average molecular weight is 256 g/mol. The number of halogens is 1. The van der Waals surface area contributed by atoms with Crippen LogP contribution >= 0.6 is 11.6 Å². The van der Waals surface area contributed by atoms with Crippen molar-refractivity contribution >= 4 is 17.4 Å². The molecule has 0 aliphatic rings. The lowest BCUT2D eigenvalue weighted by Crippen LogP contribution is -2.22. The van der Waals surface area contributed by atoms with Crippen LogP contribution in [-0.2, 0) is 6.54 Å². The molecule has 2 N–H and O–H groups in total. The van der Waals surface area contributed by atoms with Gasteiger partial charge >= 0.3 is 0 Å². The van der Waals surface area contributed by atoms with Crippen molar-refractivity contribution in [2.45, 2.75) is 40.3 Å². The quantitative estimate of drug-likeness (QED) is 0.819. The average Bonchev–Trinajstić information content (AvgIpc) is 2.26. The van der Waals surface area contributed by atoms with E-state index in [0.717, 1.165) is 24.5 Å². The Balaban J connectivity index is 2.65. The van der Waals surface area contributed by atoms with Gasteiger partial charge in [-0.3, -0.25) is 0 Å². The molecule has 0 fully saturated rings. The number of pyridine rings is 1. The highest BCUT2D eigenvalue weighted by molar-refractivity contribution is 6.31. The topological polar surface area (TPSA) is 37.0 Å². The summed E-state index contributed by atoms with van der Waals surface area (Å²) >= 11 is 6.11. The Hall–Kier alpha value is -0.800. The number of rotatable bonds is 6. The van der Waals surface area contributed by atoms with Crippen LogP contribution in [0, 0.1) is 5.92 Å². The summed E-state index contributed by atoms with van der Waals surface area (Å²) in [5.41, 5.74) is 1.08.